The molecule has 4 rings (SSSR count). The fourth-order valence-electron chi connectivity index (χ4n) is 3.43. The van der Waals surface area contributed by atoms with Gasteiger partial charge in [0.2, 0.25) is 0 Å². The molecule has 128 valence electrons. The maximum atomic E-state index is 9.10. The van der Waals surface area contributed by atoms with E-state index >= 15 is 0 Å². The van der Waals surface area contributed by atoms with E-state index in [1.807, 2.05) is 36.7 Å². The van der Waals surface area contributed by atoms with Crippen molar-refractivity contribution < 1.29 is 9.52 Å². The Balaban J connectivity index is 1.45. The molecule has 1 aliphatic heterocycles. The number of pyridine rings is 2. The molecule has 1 unspecified atom stereocenters. The number of hydrogen-bond donors (Lipinski definition) is 1. The average molecular weight is 335 g/mol. The Bertz CT molecular complexity index is 832. The van der Waals surface area contributed by atoms with Gasteiger partial charge in [-0.1, -0.05) is 0 Å². The first-order valence-corrected chi connectivity index (χ1v) is 8.59. The van der Waals surface area contributed by atoms with Gasteiger partial charge < -0.3 is 9.52 Å². The van der Waals surface area contributed by atoms with Gasteiger partial charge >= 0.3 is 0 Å². The summed E-state index contributed by atoms with van der Waals surface area (Å²) in [5, 5.41) is 9.10. The van der Waals surface area contributed by atoms with Crippen LogP contribution in [0.25, 0.3) is 11.3 Å². The molecular formula is C20H21N3O2. The quantitative estimate of drug-likeness (QED) is 0.776. The minimum Gasteiger partial charge on any atom is -0.462 e. The van der Waals surface area contributed by atoms with Crippen LogP contribution >= 0.6 is 0 Å². The molecule has 0 spiro atoms. The maximum Gasteiger partial charge on any atom is 0.129 e. The summed E-state index contributed by atoms with van der Waals surface area (Å²) in [6.07, 6.45) is 6.65. The van der Waals surface area contributed by atoms with Crippen LogP contribution in [0.3, 0.4) is 0 Å². The molecule has 0 aliphatic carbocycles. The fraction of sp³-hybridized carbons (Fsp3) is 0.300. The van der Waals surface area contributed by atoms with Crippen molar-refractivity contribution in [2.45, 2.75) is 25.5 Å². The largest absolute Gasteiger partial charge is 0.462 e. The smallest absolute Gasteiger partial charge is 0.129 e. The second-order valence-corrected chi connectivity index (χ2v) is 6.46. The van der Waals surface area contributed by atoms with Gasteiger partial charge in [0.15, 0.2) is 0 Å². The van der Waals surface area contributed by atoms with Crippen molar-refractivity contribution in [3.8, 4) is 11.3 Å². The molecule has 1 saturated heterocycles. The van der Waals surface area contributed by atoms with Crippen LogP contribution in [0.15, 0.2) is 59.4 Å². The van der Waals surface area contributed by atoms with E-state index in [1.165, 1.54) is 5.56 Å². The van der Waals surface area contributed by atoms with Crippen LogP contribution in [0.2, 0.25) is 0 Å². The number of likely N-dealkylation sites (tertiary alicyclic amines) is 1. The van der Waals surface area contributed by atoms with E-state index in [9.17, 15) is 0 Å². The third kappa shape index (κ3) is 3.62. The summed E-state index contributed by atoms with van der Waals surface area (Å²) >= 11 is 0. The van der Waals surface area contributed by atoms with Crippen LogP contribution in [0.4, 0.5) is 0 Å². The normalized spacial score (nSPS) is 17.9. The summed E-state index contributed by atoms with van der Waals surface area (Å²) in [6, 6.07) is 12.1. The van der Waals surface area contributed by atoms with Crippen LogP contribution in [-0.2, 0) is 13.2 Å². The zero-order chi connectivity index (χ0) is 17.1. The number of furan rings is 1. The van der Waals surface area contributed by atoms with Gasteiger partial charge in [-0.25, -0.2) is 0 Å². The van der Waals surface area contributed by atoms with Crippen molar-refractivity contribution >= 4 is 0 Å². The van der Waals surface area contributed by atoms with Crippen LogP contribution < -0.4 is 0 Å². The Morgan fingerprint density at radius 2 is 2.08 bits per heavy atom. The average Bonchev–Trinajstić information content (AvgIpc) is 3.32. The molecule has 25 heavy (non-hydrogen) atoms. The molecule has 0 bridgehead atoms. The lowest BCUT2D eigenvalue weighted by molar-refractivity contribution is 0.232. The van der Waals surface area contributed by atoms with Gasteiger partial charge in [-0.2, -0.15) is 0 Å². The predicted octanol–water partition coefficient (Wildman–Crippen LogP) is 3.22. The predicted molar refractivity (Wildman–Crippen MR) is 94.7 cm³/mol. The Morgan fingerprint density at radius 3 is 2.88 bits per heavy atom. The molecule has 0 saturated carbocycles. The lowest BCUT2D eigenvalue weighted by Crippen LogP contribution is -2.19. The van der Waals surface area contributed by atoms with Crippen LogP contribution in [-0.4, -0.2) is 33.1 Å². The summed E-state index contributed by atoms with van der Waals surface area (Å²) in [7, 11) is 0. The minimum absolute atomic E-state index is 0.0449. The minimum atomic E-state index is -0.0449. The van der Waals surface area contributed by atoms with E-state index < -0.39 is 0 Å². The molecule has 5 heteroatoms. The SMILES string of the molecule is OCc1ccc(CN2CCC(c3ccnc(-c4cccnc4)c3)C2)o1. The standard InChI is InChI=1S/C20H21N3O2/c24-14-19-4-3-18(25-19)13-23-9-6-17(12-23)15-5-8-22-20(10-15)16-2-1-7-21-11-16/h1-5,7-8,10-11,17,24H,6,9,12-14H2. The number of nitrogens with zero attached hydrogens (tertiary/aromatic N) is 3. The molecule has 4 heterocycles. The van der Waals surface area contributed by atoms with E-state index in [1.54, 1.807) is 6.20 Å². The second-order valence-electron chi connectivity index (χ2n) is 6.46. The molecule has 1 atom stereocenters. The van der Waals surface area contributed by atoms with Crippen molar-refractivity contribution in [1.82, 2.24) is 14.9 Å². The van der Waals surface area contributed by atoms with Crippen molar-refractivity contribution in [3.05, 3.63) is 72.1 Å². The first-order valence-electron chi connectivity index (χ1n) is 8.59. The summed E-state index contributed by atoms with van der Waals surface area (Å²) in [5.74, 6) is 2.04. The number of hydrogen-bond acceptors (Lipinski definition) is 5. The van der Waals surface area contributed by atoms with Crippen LogP contribution in [0, 0.1) is 0 Å². The first-order chi connectivity index (χ1) is 12.3. The zero-order valence-electron chi connectivity index (χ0n) is 14.0. The van der Waals surface area contributed by atoms with E-state index in [-0.39, 0.29) is 6.61 Å². The molecule has 0 amide bonds. The molecular weight excluding hydrogens is 314 g/mol. The van der Waals surface area contributed by atoms with Crippen molar-refractivity contribution in [1.29, 1.82) is 0 Å². The molecule has 0 radical (unpaired) electrons. The summed E-state index contributed by atoms with van der Waals surface area (Å²) in [4.78, 5) is 11.1. The van der Waals surface area contributed by atoms with E-state index in [0.717, 1.165) is 43.1 Å². The summed E-state index contributed by atoms with van der Waals surface area (Å²) in [5.41, 5.74) is 3.35. The van der Waals surface area contributed by atoms with Gasteiger partial charge in [0, 0.05) is 30.7 Å². The lowest BCUT2D eigenvalue weighted by Gasteiger charge is -2.15. The molecule has 3 aromatic heterocycles. The molecule has 1 fully saturated rings. The molecule has 1 aliphatic rings. The second kappa shape index (κ2) is 7.17. The van der Waals surface area contributed by atoms with Gasteiger partial charge in [-0.05, 0) is 60.8 Å². The lowest BCUT2D eigenvalue weighted by atomic mass is 9.98. The number of aliphatic hydroxyl groups excluding tert-OH is 1. The first kappa shape index (κ1) is 16.0. The van der Waals surface area contributed by atoms with Crippen molar-refractivity contribution in [2.24, 2.45) is 0 Å². The third-order valence-corrected chi connectivity index (χ3v) is 4.74. The number of aromatic nitrogens is 2. The van der Waals surface area contributed by atoms with Gasteiger partial charge in [-0.3, -0.25) is 14.9 Å². The highest BCUT2D eigenvalue weighted by Crippen LogP contribution is 2.30. The molecule has 3 aromatic rings. The maximum absolute atomic E-state index is 9.10. The van der Waals surface area contributed by atoms with Crippen molar-refractivity contribution in [2.75, 3.05) is 13.1 Å². The highest BCUT2D eigenvalue weighted by molar-refractivity contribution is 5.58. The van der Waals surface area contributed by atoms with Gasteiger partial charge in [0.25, 0.3) is 0 Å². The fourth-order valence-corrected chi connectivity index (χ4v) is 3.43. The van der Waals surface area contributed by atoms with Crippen LogP contribution in [0.5, 0.6) is 0 Å². The Morgan fingerprint density at radius 1 is 1.16 bits per heavy atom. The van der Waals surface area contributed by atoms with Crippen molar-refractivity contribution in [3.63, 3.8) is 0 Å². The Kier molecular flexibility index (Phi) is 4.59. The Hall–Kier alpha value is -2.50. The van der Waals surface area contributed by atoms with E-state index in [4.69, 9.17) is 9.52 Å². The monoisotopic (exact) mass is 335 g/mol. The molecule has 1 N–H and O–H groups in total. The summed E-state index contributed by atoms with van der Waals surface area (Å²) in [6.45, 7) is 2.80. The van der Waals surface area contributed by atoms with Gasteiger partial charge in [-0.15, -0.1) is 0 Å². The highest BCUT2D eigenvalue weighted by Gasteiger charge is 2.25. The highest BCUT2D eigenvalue weighted by atomic mass is 16.4. The van der Waals surface area contributed by atoms with E-state index in [2.05, 4.69) is 27.0 Å². The topological polar surface area (TPSA) is 62.4 Å². The molecule has 5 nitrogen and oxygen atoms in total. The third-order valence-electron chi connectivity index (χ3n) is 4.74. The number of aliphatic hydroxyl groups is 1. The molecule has 0 aromatic carbocycles. The Labute approximate surface area is 147 Å². The van der Waals surface area contributed by atoms with Crippen LogP contribution in [0.1, 0.15) is 29.4 Å². The van der Waals surface area contributed by atoms with Gasteiger partial charge in [0.05, 0.1) is 12.2 Å². The number of rotatable bonds is 5. The summed E-state index contributed by atoms with van der Waals surface area (Å²) < 4.78 is 5.60. The zero-order valence-corrected chi connectivity index (χ0v) is 14.0. The van der Waals surface area contributed by atoms with Gasteiger partial charge in [0.1, 0.15) is 18.1 Å². The van der Waals surface area contributed by atoms with E-state index in [0.29, 0.717) is 11.7 Å².